The largest absolute Gasteiger partial charge is 0.358 e. The minimum absolute atomic E-state index is 0.372. The summed E-state index contributed by atoms with van der Waals surface area (Å²) in [6, 6.07) is 4.64. The van der Waals surface area contributed by atoms with Crippen molar-refractivity contribution in [3.8, 4) is 0 Å². The maximum Gasteiger partial charge on any atom is 0.157 e. The summed E-state index contributed by atoms with van der Waals surface area (Å²) < 4.78 is 0. The molecule has 0 fully saturated rings. The van der Waals surface area contributed by atoms with Crippen LogP contribution in [0, 0.1) is 5.92 Å². The quantitative estimate of drug-likeness (QED) is 0.892. The number of nitrogens with zero attached hydrogens (tertiary/aromatic N) is 1. The van der Waals surface area contributed by atoms with E-state index in [2.05, 4.69) is 48.6 Å². The topological polar surface area (TPSA) is 24.4 Å². The van der Waals surface area contributed by atoms with Gasteiger partial charge in [0.1, 0.15) is 0 Å². The number of thiophene rings is 1. The zero-order chi connectivity index (χ0) is 11.5. The zero-order valence-electron chi connectivity index (χ0n) is 9.93. The molecule has 0 spiro atoms. The normalized spacial score (nSPS) is 22.2. The first-order valence-corrected chi connectivity index (χ1v) is 7.44. The Morgan fingerprint density at radius 2 is 2.25 bits per heavy atom. The second-order valence-electron chi connectivity index (χ2n) is 4.43. The van der Waals surface area contributed by atoms with Gasteiger partial charge in [-0.1, -0.05) is 31.7 Å². The van der Waals surface area contributed by atoms with E-state index in [-0.39, 0.29) is 0 Å². The summed E-state index contributed by atoms with van der Waals surface area (Å²) in [5.74, 6) is 0.699. The molecule has 2 atom stereocenters. The Hall–Kier alpha value is -0.480. The first-order chi connectivity index (χ1) is 7.66. The summed E-state index contributed by atoms with van der Waals surface area (Å²) >= 11 is 3.68. The molecule has 4 heteroatoms. The second kappa shape index (κ2) is 5.23. The van der Waals surface area contributed by atoms with Crippen LogP contribution in [0.25, 0.3) is 0 Å². The lowest BCUT2D eigenvalue weighted by Crippen LogP contribution is -2.23. The fraction of sp³-hybridized carbons (Fsp3) is 0.583. The fourth-order valence-corrected chi connectivity index (χ4v) is 3.45. The minimum atomic E-state index is 0.372. The van der Waals surface area contributed by atoms with Crippen LogP contribution < -0.4 is 5.32 Å². The number of rotatable bonds is 3. The van der Waals surface area contributed by atoms with E-state index in [1.54, 1.807) is 11.3 Å². The van der Waals surface area contributed by atoms with E-state index in [0.717, 1.165) is 11.7 Å². The van der Waals surface area contributed by atoms with Crippen LogP contribution in [0.2, 0.25) is 0 Å². The van der Waals surface area contributed by atoms with Gasteiger partial charge in [0.25, 0.3) is 0 Å². The Balaban J connectivity index is 1.88. The summed E-state index contributed by atoms with van der Waals surface area (Å²) in [5, 5.41) is 7.37. The molecule has 1 aliphatic heterocycles. The Bertz CT molecular complexity index is 357. The summed E-state index contributed by atoms with van der Waals surface area (Å²) in [4.78, 5) is 5.93. The molecule has 1 aliphatic rings. The van der Waals surface area contributed by atoms with Gasteiger partial charge in [0.2, 0.25) is 0 Å². The number of amidine groups is 1. The van der Waals surface area contributed by atoms with Crippen molar-refractivity contribution in [3.05, 3.63) is 22.4 Å². The van der Waals surface area contributed by atoms with E-state index in [1.807, 2.05) is 11.8 Å². The predicted octanol–water partition coefficient (Wildman–Crippen LogP) is 3.53. The van der Waals surface area contributed by atoms with E-state index in [0.29, 0.717) is 17.2 Å². The van der Waals surface area contributed by atoms with E-state index in [4.69, 9.17) is 0 Å². The van der Waals surface area contributed by atoms with Gasteiger partial charge in [0.05, 0.1) is 12.6 Å². The number of thioether (sulfide) groups is 1. The van der Waals surface area contributed by atoms with Gasteiger partial charge in [-0.25, -0.2) is 0 Å². The molecule has 0 aromatic carbocycles. The third-order valence-electron chi connectivity index (χ3n) is 2.73. The van der Waals surface area contributed by atoms with Crippen LogP contribution >= 0.6 is 23.1 Å². The standard InChI is InChI=1S/C12H18N2S2/c1-8(2)11-7-13-12(16-11)14-9(3)10-5-4-6-15-10/h4-6,8-9,11H,7H2,1-3H3,(H,13,14). The van der Waals surface area contributed by atoms with E-state index in [9.17, 15) is 0 Å². The Morgan fingerprint density at radius 1 is 1.44 bits per heavy atom. The highest BCUT2D eigenvalue weighted by molar-refractivity contribution is 8.14. The van der Waals surface area contributed by atoms with Crippen LogP contribution in [-0.4, -0.2) is 17.0 Å². The Labute approximate surface area is 106 Å². The lowest BCUT2D eigenvalue weighted by atomic mass is 10.1. The lowest BCUT2D eigenvalue weighted by molar-refractivity contribution is 0.621. The zero-order valence-corrected chi connectivity index (χ0v) is 11.6. The first kappa shape index (κ1) is 12.0. The van der Waals surface area contributed by atoms with Crippen LogP contribution in [0.15, 0.2) is 22.5 Å². The molecule has 88 valence electrons. The molecule has 1 N–H and O–H groups in total. The van der Waals surface area contributed by atoms with Gasteiger partial charge in [-0.2, -0.15) is 0 Å². The second-order valence-corrected chi connectivity index (χ2v) is 6.63. The third kappa shape index (κ3) is 2.80. The summed E-state index contributed by atoms with van der Waals surface area (Å²) in [6.07, 6.45) is 0. The van der Waals surface area contributed by atoms with Crippen molar-refractivity contribution in [2.45, 2.75) is 32.1 Å². The molecule has 2 unspecified atom stereocenters. The van der Waals surface area contributed by atoms with E-state index in [1.165, 1.54) is 4.88 Å². The van der Waals surface area contributed by atoms with Gasteiger partial charge in [0, 0.05) is 10.1 Å². The molecule has 0 aliphatic carbocycles. The molecule has 0 saturated carbocycles. The van der Waals surface area contributed by atoms with Gasteiger partial charge < -0.3 is 5.32 Å². The minimum Gasteiger partial charge on any atom is -0.358 e. The smallest absolute Gasteiger partial charge is 0.157 e. The summed E-state index contributed by atoms with van der Waals surface area (Å²) in [5.41, 5.74) is 0. The van der Waals surface area contributed by atoms with Gasteiger partial charge in [0.15, 0.2) is 5.17 Å². The number of hydrogen-bond donors (Lipinski definition) is 1. The van der Waals surface area contributed by atoms with Crippen LogP contribution in [0.4, 0.5) is 0 Å². The number of hydrogen-bond acceptors (Lipinski definition) is 4. The van der Waals surface area contributed by atoms with Crippen LogP contribution in [0.5, 0.6) is 0 Å². The summed E-state index contributed by atoms with van der Waals surface area (Å²) in [7, 11) is 0. The van der Waals surface area contributed by atoms with Crippen molar-refractivity contribution < 1.29 is 0 Å². The molecule has 16 heavy (non-hydrogen) atoms. The highest BCUT2D eigenvalue weighted by Gasteiger charge is 2.23. The molecule has 1 aromatic heterocycles. The van der Waals surface area contributed by atoms with Crippen molar-refractivity contribution in [1.29, 1.82) is 0 Å². The molecule has 1 aromatic rings. The molecule has 0 radical (unpaired) electrons. The molecular weight excluding hydrogens is 236 g/mol. The van der Waals surface area contributed by atoms with Gasteiger partial charge in [-0.05, 0) is 24.3 Å². The number of nitrogens with one attached hydrogen (secondary N) is 1. The average Bonchev–Trinajstić information content (AvgIpc) is 2.87. The van der Waals surface area contributed by atoms with E-state index >= 15 is 0 Å². The third-order valence-corrected chi connectivity index (χ3v) is 5.25. The molecule has 2 heterocycles. The molecule has 0 bridgehead atoms. The Kier molecular flexibility index (Phi) is 3.92. The molecular formula is C12H18N2S2. The van der Waals surface area contributed by atoms with E-state index < -0.39 is 0 Å². The maximum absolute atomic E-state index is 4.56. The van der Waals surface area contributed by atoms with Crippen LogP contribution in [0.3, 0.4) is 0 Å². The van der Waals surface area contributed by atoms with Gasteiger partial charge in [-0.3, -0.25) is 4.99 Å². The molecule has 2 rings (SSSR count). The Morgan fingerprint density at radius 3 is 2.81 bits per heavy atom. The molecule has 0 saturated heterocycles. The van der Waals surface area contributed by atoms with Crippen molar-refractivity contribution in [1.82, 2.24) is 5.32 Å². The molecule has 2 nitrogen and oxygen atoms in total. The van der Waals surface area contributed by atoms with Crippen LogP contribution in [0.1, 0.15) is 31.7 Å². The van der Waals surface area contributed by atoms with Crippen molar-refractivity contribution in [2.24, 2.45) is 10.9 Å². The van der Waals surface area contributed by atoms with Crippen molar-refractivity contribution in [2.75, 3.05) is 6.54 Å². The van der Waals surface area contributed by atoms with Crippen LogP contribution in [-0.2, 0) is 0 Å². The number of aliphatic imine (C=N–C) groups is 1. The SMILES string of the molecule is CC(NC1=NCC(C(C)C)S1)c1cccs1. The lowest BCUT2D eigenvalue weighted by Gasteiger charge is -2.15. The highest BCUT2D eigenvalue weighted by atomic mass is 32.2. The summed E-state index contributed by atoms with van der Waals surface area (Å²) in [6.45, 7) is 7.68. The van der Waals surface area contributed by atoms with Gasteiger partial charge in [-0.15, -0.1) is 11.3 Å². The van der Waals surface area contributed by atoms with Gasteiger partial charge >= 0.3 is 0 Å². The maximum atomic E-state index is 4.56. The predicted molar refractivity (Wildman–Crippen MR) is 74.4 cm³/mol. The first-order valence-electron chi connectivity index (χ1n) is 5.68. The monoisotopic (exact) mass is 254 g/mol. The average molecular weight is 254 g/mol. The highest BCUT2D eigenvalue weighted by Crippen LogP contribution is 2.28. The molecule has 0 amide bonds. The fourth-order valence-electron chi connectivity index (χ4n) is 1.61. The van der Waals surface area contributed by atoms with Crippen molar-refractivity contribution in [3.63, 3.8) is 0 Å². The van der Waals surface area contributed by atoms with Crippen molar-refractivity contribution >= 4 is 28.3 Å².